The largest absolute Gasteiger partial charge is 0.393 e. The van der Waals surface area contributed by atoms with Crippen molar-refractivity contribution in [2.45, 2.75) is 13.0 Å². The highest BCUT2D eigenvalue weighted by Gasteiger charge is 2.16. The van der Waals surface area contributed by atoms with Gasteiger partial charge in [0.25, 0.3) is 0 Å². The molecule has 0 radical (unpaired) electrons. The molecule has 4 N–H and O–H groups in total. The van der Waals surface area contributed by atoms with Crippen molar-refractivity contribution in [3.05, 3.63) is 22.0 Å². The molecule has 0 saturated heterocycles. The van der Waals surface area contributed by atoms with Gasteiger partial charge < -0.3 is 15.9 Å². The molecule has 0 bridgehead atoms. The lowest BCUT2D eigenvalue weighted by Crippen LogP contribution is -1.99. The average molecular weight is 308 g/mol. The van der Waals surface area contributed by atoms with Crippen LogP contribution >= 0.6 is 22.7 Å². The van der Waals surface area contributed by atoms with Gasteiger partial charge in [0, 0.05) is 16.0 Å². The summed E-state index contributed by atoms with van der Waals surface area (Å²) in [5, 5.41) is 22.0. The predicted molar refractivity (Wildman–Crippen MR) is 79.7 cm³/mol. The zero-order chi connectivity index (χ0) is 14.3. The number of fused-ring (bicyclic) bond motifs is 1. The maximum absolute atomic E-state index is 9.67. The fourth-order valence-corrected chi connectivity index (χ4v) is 3.51. The number of nitrogens with zero attached hydrogens (tertiary/aromatic N) is 3. The Kier molecular flexibility index (Phi) is 3.38. The summed E-state index contributed by atoms with van der Waals surface area (Å²) in [6.07, 6.45) is -0.917. The van der Waals surface area contributed by atoms with Crippen LogP contribution in [0.1, 0.15) is 16.7 Å². The van der Waals surface area contributed by atoms with Crippen LogP contribution in [0.5, 0.6) is 0 Å². The van der Waals surface area contributed by atoms with E-state index >= 15 is 0 Å². The molecule has 0 aromatic carbocycles. The van der Waals surface area contributed by atoms with Crippen molar-refractivity contribution in [3.63, 3.8) is 0 Å². The van der Waals surface area contributed by atoms with E-state index in [9.17, 15) is 5.11 Å². The van der Waals surface area contributed by atoms with Crippen LogP contribution in [-0.2, 0) is 0 Å². The Balaban J connectivity index is 2.13. The molecule has 20 heavy (non-hydrogen) atoms. The standard InChI is InChI=1S/C12H12N4O2S2/c1-5-4-19-12(14-5)10-15-9(13)6-2-8(7(18)3-17)20-11(6)16-10/h2,4,7,17-18H,3H2,1H3,(H2,13,15,16). The van der Waals surface area contributed by atoms with Crippen molar-refractivity contribution >= 4 is 38.7 Å². The number of aliphatic hydroxyl groups excluding tert-OH is 2. The Hall–Kier alpha value is -1.61. The van der Waals surface area contributed by atoms with Gasteiger partial charge >= 0.3 is 0 Å². The maximum Gasteiger partial charge on any atom is 0.192 e. The van der Waals surface area contributed by atoms with E-state index in [-0.39, 0.29) is 6.61 Å². The molecule has 3 rings (SSSR count). The van der Waals surface area contributed by atoms with E-state index in [1.165, 1.54) is 22.7 Å². The third kappa shape index (κ3) is 2.27. The molecule has 1 unspecified atom stereocenters. The molecule has 0 aliphatic rings. The van der Waals surface area contributed by atoms with Crippen molar-refractivity contribution in [1.29, 1.82) is 0 Å². The molecule has 3 aromatic heterocycles. The molecule has 6 nitrogen and oxygen atoms in total. The van der Waals surface area contributed by atoms with Crippen molar-refractivity contribution in [2.24, 2.45) is 0 Å². The second-order valence-electron chi connectivity index (χ2n) is 4.29. The Morgan fingerprint density at radius 2 is 2.15 bits per heavy atom. The SMILES string of the molecule is Cc1csc(-c2nc(N)c3cc(C(O)CO)sc3n2)n1. The highest BCUT2D eigenvalue weighted by molar-refractivity contribution is 7.18. The van der Waals surface area contributed by atoms with Gasteiger partial charge in [-0.05, 0) is 13.0 Å². The summed E-state index contributed by atoms with van der Waals surface area (Å²) in [5.41, 5.74) is 6.86. The number of thiophene rings is 1. The van der Waals surface area contributed by atoms with Crippen molar-refractivity contribution in [1.82, 2.24) is 15.0 Å². The second-order valence-corrected chi connectivity index (χ2v) is 6.21. The van der Waals surface area contributed by atoms with E-state index in [1.807, 2.05) is 12.3 Å². The van der Waals surface area contributed by atoms with E-state index in [1.54, 1.807) is 6.07 Å². The number of aryl methyl sites for hydroxylation is 1. The zero-order valence-electron chi connectivity index (χ0n) is 10.6. The molecule has 0 spiro atoms. The molecule has 3 heterocycles. The van der Waals surface area contributed by atoms with Crippen LogP contribution in [-0.4, -0.2) is 31.8 Å². The molecule has 1 atom stereocenters. The number of aromatic nitrogens is 3. The molecule has 0 aliphatic carbocycles. The minimum Gasteiger partial charge on any atom is -0.393 e. The van der Waals surface area contributed by atoms with Crippen LogP contribution in [0.3, 0.4) is 0 Å². The number of anilines is 1. The number of nitrogens with two attached hydrogens (primary N) is 1. The highest BCUT2D eigenvalue weighted by atomic mass is 32.1. The summed E-state index contributed by atoms with van der Waals surface area (Å²) >= 11 is 2.76. The average Bonchev–Trinajstić information content (AvgIpc) is 3.04. The normalized spacial score (nSPS) is 12.9. The predicted octanol–water partition coefficient (Wildman–Crippen LogP) is 1.73. The Morgan fingerprint density at radius 3 is 2.80 bits per heavy atom. The van der Waals surface area contributed by atoms with Gasteiger partial charge in [-0.15, -0.1) is 22.7 Å². The topological polar surface area (TPSA) is 105 Å². The van der Waals surface area contributed by atoms with Gasteiger partial charge in [0.1, 0.15) is 16.8 Å². The Labute approximate surface area is 122 Å². The van der Waals surface area contributed by atoms with Crippen LogP contribution in [0.25, 0.3) is 21.0 Å². The number of aliphatic hydroxyl groups is 2. The molecule has 3 aromatic rings. The van der Waals surface area contributed by atoms with E-state index < -0.39 is 6.10 Å². The van der Waals surface area contributed by atoms with Gasteiger partial charge in [-0.2, -0.15) is 0 Å². The zero-order valence-corrected chi connectivity index (χ0v) is 12.2. The third-order valence-electron chi connectivity index (χ3n) is 2.75. The smallest absolute Gasteiger partial charge is 0.192 e. The van der Waals surface area contributed by atoms with Gasteiger partial charge in [0.15, 0.2) is 10.8 Å². The van der Waals surface area contributed by atoms with Crippen LogP contribution in [0.4, 0.5) is 5.82 Å². The Bertz CT molecular complexity index is 768. The number of nitrogen functional groups attached to an aromatic ring is 1. The summed E-state index contributed by atoms with van der Waals surface area (Å²) in [7, 11) is 0. The quantitative estimate of drug-likeness (QED) is 0.680. The molecule has 104 valence electrons. The first-order valence-electron chi connectivity index (χ1n) is 5.87. The van der Waals surface area contributed by atoms with Gasteiger partial charge in [0.2, 0.25) is 0 Å². The maximum atomic E-state index is 9.67. The minimum atomic E-state index is -0.917. The monoisotopic (exact) mass is 308 g/mol. The molecule has 8 heteroatoms. The lowest BCUT2D eigenvalue weighted by Gasteiger charge is -2.00. The van der Waals surface area contributed by atoms with Crippen LogP contribution in [0.15, 0.2) is 11.4 Å². The van der Waals surface area contributed by atoms with Gasteiger partial charge in [-0.25, -0.2) is 15.0 Å². The molecule has 0 saturated carbocycles. The van der Waals surface area contributed by atoms with Gasteiger partial charge in [0.05, 0.1) is 12.0 Å². The second kappa shape index (κ2) is 5.06. The number of hydrogen-bond donors (Lipinski definition) is 3. The molecular weight excluding hydrogens is 296 g/mol. The molecular formula is C12H12N4O2S2. The number of rotatable bonds is 3. The fraction of sp³-hybridized carbons (Fsp3) is 0.250. The van der Waals surface area contributed by atoms with E-state index in [4.69, 9.17) is 10.8 Å². The summed E-state index contributed by atoms with van der Waals surface area (Å²) in [5.74, 6) is 0.838. The molecule has 0 fully saturated rings. The minimum absolute atomic E-state index is 0.335. The first-order valence-corrected chi connectivity index (χ1v) is 7.56. The van der Waals surface area contributed by atoms with Crippen LogP contribution < -0.4 is 5.73 Å². The first kappa shape index (κ1) is 13.4. The van der Waals surface area contributed by atoms with Crippen LogP contribution in [0, 0.1) is 6.92 Å². The van der Waals surface area contributed by atoms with E-state index in [2.05, 4.69) is 15.0 Å². The summed E-state index contributed by atoms with van der Waals surface area (Å²) < 4.78 is 0. The number of hydrogen-bond acceptors (Lipinski definition) is 8. The molecule has 0 amide bonds. The van der Waals surface area contributed by atoms with Gasteiger partial charge in [-0.3, -0.25) is 0 Å². The van der Waals surface area contributed by atoms with Gasteiger partial charge in [-0.1, -0.05) is 0 Å². The number of thiazole rings is 1. The Morgan fingerprint density at radius 1 is 1.35 bits per heavy atom. The first-order chi connectivity index (χ1) is 9.58. The van der Waals surface area contributed by atoms with Crippen molar-refractivity contribution < 1.29 is 10.2 Å². The van der Waals surface area contributed by atoms with Crippen molar-refractivity contribution in [3.8, 4) is 10.8 Å². The van der Waals surface area contributed by atoms with E-state index in [0.29, 0.717) is 31.7 Å². The molecule has 0 aliphatic heterocycles. The summed E-state index contributed by atoms with van der Waals surface area (Å²) in [6.45, 7) is 1.57. The lowest BCUT2D eigenvalue weighted by molar-refractivity contribution is 0.0984. The summed E-state index contributed by atoms with van der Waals surface area (Å²) in [6, 6.07) is 1.72. The van der Waals surface area contributed by atoms with Crippen LogP contribution in [0.2, 0.25) is 0 Å². The summed E-state index contributed by atoms with van der Waals surface area (Å²) in [4.78, 5) is 14.3. The highest BCUT2D eigenvalue weighted by Crippen LogP contribution is 2.33. The third-order valence-corrected chi connectivity index (χ3v) is 4.84. The van der Waals surface area contributed by atoms with Crippen molar-refractivity contribution in [2.75, 3.05) is 12.3 Å². The van der Waals surface area contributed by atoms with E-state index in [0.717, 1.165) is 5.69 Å². The fourth-order valence-electron chi connectivity index (χ4n) is 1.77. The lowest BCUT2D eigenvalue weighted by atomic mass is 10.2.